The minimum absolute atomic E-state index is 0.511. The van der Waals surface area contributed by atoms with Crippen molar-refractivity contribution in [2.24, 2.45) is 4.99 Å². The zero-order chi connectivity index (χ0) is 17.3. The Kier molecular flexibility index (Phi) is 4.79. The first-order valence-corrected chi connectivity index (χ1v) is 8.46. The molecule has 0 amide bonds. The smallest absolute Gasteiger partial charge is 0.0645 e. The molecule has 24 heavy (non-hydrogen) atoms. The Hall–Kier alpha value is -2.03. The van der Waals surface area contributed by atoms with Gasteiger partial charge < -0.3 is 4.57 Å². The number of rotatable bonds is 3. The highest BCUT2D eigenvalue weighted by Gasteiger charge is 2.09. The van der Waals surface area contributed by atoms with Gasteiger partial charge in [-0.1, -0.05) is 40.9 Å². The molecular formula is C20H18Cl2N2. The zero-order valence-electron chi connectivity index (χ0n) is 13.8. The van der Waals surface area contributed by atoms with Gasteiger partial charge in [-0.2, -0.15) is 0 Å². The molecule has 0 atom stereocenters. The van der Waals surface area contributed by atoms with Gasteiger partial charge in [0.15, 0.2) is 0 Å². The Labute approximate surface area is 152 Å². The molecule has 4 heteroatoms. The largest absolute Gasteiger partial charge is 0.318 e. The van der Waals surface area contributed by atoms with E-state index in [-0.39, 0.29) is 0 Å². The van der Waals surface area contributed by atoms with E-state index in [1.54, 1.807) is 12.1 Å². The van der Waals surface area contributed by atoms with Crippen LogP contribution in [0.2, 0.25) is 10.0 Å². The molecule has 122 valence electrons. The summed E-state index contributed by atoms with van der Waals surface area (Å²) in [7, 11) is 0. The summed E-state index contributed by atoms with van der Waals surface area (Å²) in [6.07, 6.45) is 1.87. The van der Waals surface area contributed by atoms with E-state index < -0.39 is 0 Å². The molecule has 3 rings (SSSR count). The lowest BCUT2D eigenvalue weighted by Gasteiger charge is -2.09. The molecule has 0 unspecified atom stereocenters. The Morgan fingerprint density at radius 2 is 1.58 bits per heavy atom. The number of benzene rings is 2. The molecule has 1 heterocycles. The molecule has 0 aliphatic carbocycles. The van der Waals surface area contributed by atoms with Crippen LogP contribution in [0.1, 0.15) is 22.5 Å². The van der Waals surface area contributed by atoms with E-state index in [2.05, 4.69) is 60.7 Å². The molecule has 0 saturated heterocycles. The van der Waals surface area contributed by atoms with Crippen LogP contribution in [-0.4, -0.2) is 10.8 Å². The summed E-state index contributed by atoms with van der Waals surface area (Å²) in [6, 6.07) is 16.0. The highest BCUT2D eigenvalue weighted by Crippen LogP contribution is 2.27. The average Bonchev–Trinajstić information content (AvgIpc) is 2.84. The second-order valence-corrected chi connectivity index (χ2v) is 6.67. The molecular weight excluding hydrogens is 339 g/mol. The number of nitrogens with zero attached hydrogens (tertiary/aromatic N) is 2. The van der Waals surface area contributed by atoms with Gasteiger partial charge in [-0.3, -0.25) is 4.99 Å². The van der Waals surface area contributed by atoms with Crippen LogP contribution in [0.4, 0.5) is 5.69 Å². The summed E-state index contributed by atoms with van der Waals surface area (Å²) < 4.78 is 2.23. The van der Waals surface area contributed by atoms with Crippen molar-refractivity contribution in [2.45, 2.75) is 20.8 Å². The van der Waals surface area contributed by atoms with E-state index in [0.29, 0.717) is 10.0 Å². The first kappa shape index (κ1) is 16.8. The highest BCUT2D eigenvalue weighted by atomic mass is 35.5. The van der Waals surface area contributed by atoms with Crippen LogP contribution < -0.4 is 0 Å². The minimum atomic E-state index is 0.511. The normalized spacial score (nSPS) is 11.4. The molecule has 0 spiro atoms. The van der Waals surface area contributed by atoms with Crippen LogP contribution in [-0.2, 0) is 0 Å². The molecule has 0 fully saturated rings. The van der Waals surface area contributed by atoms with Gasteiger partial charge in [0.25, 0.3) is 0 Å². The molecule has 2 aromatic carbocycles. The Morgan fingerprint density at radius 1 is 0.875 bits per heavy atom. The van der Waals surface area contributed by atoms with Crippen molar-refractivity contribution >= 4 is 35.1 Å². The van der Waals surface area contributed by atoms with E-state index in [1.807, 2.05) is 12.3 Å². The average molecular weight is 357 g/mol. The van der Waals surface area contributed by atoms with E-state index in [1.165, 1.54) is 11.3 Å². The minimum Gasteiger partial charge on any atom is -0.318 e. The second kappa shape index (κ2) is 6.84. The van der Waals surface area contributed by atoms with Crippen LogP contribution in [0.3, 0.4) is 0 Å². The number of halogens is 2. The van der Waals surface area contributed by atoms with Gasteiger partial charge in [0.2, 0.25) is 0 Å². The number of hydrogen-bond acceptors (Lipinski definition) is 1. The van der Waals surface area contributed by atoms with E-state index in [9.17, 15) is 0 Å². The van der Waals surface area contributed by atoms with E-state index in [4.69, 9.17) is 23.2 Å². The summed E-state index contributed by atoms with van der Waals surface area (Å²) in [4.78, 5) is 4.52. The fourth-order valence-electron chi connectivity index (χ4n) is 2.72. The SMILES string of the molecule is Cc1ccc(-n2c(C)cc(C=Nc3ccc(Cl)c(Cl)c3)c2C)cc1. The fourth-order valence-corrected chi connectivity index (χ4v) is 3.01. The van der Waals surface area contributed by atoms with Gasteiger partial charge in [0.1, 0.15) is 0 Å². The van der Waals surface area contributed by atoms with Gasteiger partial charge in [0, 0.05) is 28.9 Å². The second-order valence-electron chi connectivity index (χ2n) is 5.85. The lowest BCUT2D eigenvalue weighted by Crippen LogP contribution is -1.99. The first-order valence-electron chi connectivity index (χ1n) is 7.71. The molecule has 0 aliphatic heterocycles. The maximum atomic E-state index is 6.04. The van der Waals surface area contributed by atoms with Crippen molar-refractivity contribution in [3.05, 3.63) is 81.1 Å². The molecule has 0 saturated carbocycles. The first-order chi connectivity index (χ1) is 11.5. The van der Waals surface area contributed by atoms with Gasteiger partial charge in [-0.15, -0.1) is 0 Å². The Balaban J connectivity index is 1.95. The van der Waals surface area contributed by atoms with Crippen molar-refractivity contribution in [1.82, 2.24) is 4.57 Å². The maximum absolute atomic E-state index is 6.04. The molecule has 2 nitrogen and oxygen atoms in total. The van der Waals surface area contributed by atoms with Gasteiger partial charge in [0.05, 0.1) is 15.7 Å². The number of hydrogen-bond donors (Lipinski definition) is 0. The highest BCUT2D eigenvalue weighted by molar-refractivity contribution is 6.42. The van der Waals surface area contributed by atoms with Gasteiger partial charge in [-0.05, 0) is 57.2 Å². The van der Waals surface area contributed by atoms with Crippen LogP contribution in [0.15, 0.2) is 53.5 Å². The summed E-state index contributed by atoms with van der Waals surface area (Å²) in [5.41, 5.74) is 6.60. The molecule has 0 bridgehead atoms. The molecule has 0 aliphatic rings. The maximum Gasteiger partial charge on any atom is 0.0645 e. The predicted octanol–water partition coefficient (Wildman–Crippen LogP) is 6.46. The summed E-state index contributed by atoms with van der Waals surface area (Å²) in [6.45, 7) is 6.29. The fraction of sp³-hybridized carbons (Fsp3) is 0.150. The third-order valence-electron chi connectivity index (χ3n) is 4.02. The number of aliphatic imine (C=N–C) groups is 1. The van der Waals surface area contributed by atoms with Crippen LogP contribution in [0, 0.1) is 20.8 Å². The predicted molar refractivity (Wildman–Crippen MR) is 104 cm³/mol. The number of aromatic nitrogens is 1. The molecule has 0 radical (unpaired) electrons. The van der Waals surface area contributed by atoms with Gasteiger partial charge in [-0.25, -0.2) is 0 Å². The number of aryl methyl sites for hydroxylation is 2. The van der Waals surface area contributed by atoms with Crippen molar-refractivity contribution < 1.29 is 0 Å². The van der Waals surface area contributed by atoms with Crippen molar-refractivity contribution in [2.75, 3.05) is 0 Å². The zero-order valence-corrected chi connectivity index (χ0v) is 15.4. The molecule has 1 aromatic heterocycles. The van der Waals surface area contributed by atoms with Crippen LogP contribution >= 0.6 is 23.2 Å². The summed E-state index contributed by atoms with van der Waals surface area (Å²) >= 11 is 12.0. The van der Waals surface area contributed by atoms with Crippen molar-refractivity contribution in [3.8, 4) is 5.69 Å². The van der Waals surface area contributed by atoms with E-state index >= 15 is 0 Å². The Bertz CT molecular complexity index is 906. The lowest BCUT2D eigenvalue weighted by molar-refractivity contribution is 0.964. The summed E-state index contributed by atoms with van der Waals surface area (Å²) in [5, 5.41) is 1.05. The third-order valence-corrected chi connectivity index (χ3v) is 4.76. The quantitative estimate of drug-likeness (QED) is 0.479. The van der Waals surface area contributed by atoms with E-state index in [0.717, 1.165) is 22.6 Å². The van der Waals surface area contributed by atoms with Crippen LogP contribution in [0.5, 0.6) is 0 Å². The van der Waals surface area contributed by atoms with Gasteiger partial charge >= 0.3 is 0 Å². The van der Waals surface area contributed by atoms with Crippen molar-refractivity contribution in [1.29, 1.82) is 0 Å². The third kappa shape index (κ3) is 3.40. The molecule has 0 N–H and O–H groups in total. The Morgan fingerprint density at radius 3 is 2.25 bits per heavy atom. The van der Waals surface area contributed by atoms with Crippen LogP contribution in [0.25, 0.3) is 5.69 Å². The molecule has 3 aromatic rings. The topological polar surface area (TPSA) is 17.3 Å². The lowest BCUT2D eigenvalue weighted by atomic mass is 10.2. The standard InChI is InChI=1S/C20H18Cl2N2/c1-13-4-7-18(8-5-13)24-14(2)10-16(15(24)3)12-23-17-6-9-19(21)20(22)11-17/h4-12H,1-3H3. The summed E-state index contributed by atoms with van der Waals surface area (Å²) in [5.74, 6) is 0. The van der Waals surface area contributed by atoms with Crippen molar-refractivity contribution in [3.63, 3.8) is 0 Å². The monoisotopic (exact) mass is 356 g/mol.